The van der Waals surface area contributed by atoms with Crippen LogP contribution in [0, 0.1) is 12.7 Å². The molecule has 0 heterocycles. The first kappa shape index (κ1) is 12.8. The molecular formula is C15H12ClFO. The maximum Gasteiger partial charge on any atom is 0.185 e. The van der Waals surface area contributed by atoms with Crippen LogP contribution in [0.15, 0.2) is 48.5 Å². The number of ketones is 1. The van der Waals surface area contributed by atoms with Crippen LogP contribution < -0.4 is 0 Å². The number of Topliss-reactive ketones (excluding diaryl/α,β-unsaturated/α-hetero) is 1. The highest BCUT2D eigenvalue weighted by atomic mass is 35.5. The normalized spacial score (nSPS) is 12.2. The van der Waals surface area contributed by atoms with E-state index in [2.05, 4.69) is 0 Å². The van der Waals surface area contributed by atoms with Crippen molar-refractivity contribution in [2.24, 2.45) is 0 Å². The summed E-state index contributed by atoms with van der Waals surface area (Å²) in [5.41, 5.74) is 2.17. The number of rotatable bonds is 3. The summed E-state index contributed by atoms with van der Waals surface area (Å²) in [5, 5.41) is -0.785. The van der Waals surface area contributed by atoms with Crippen molar-refractivity contribution in [1.82, 2.24) is 0 Å². The van der Waals surface area contributed by atoms with E-state index in [-0.39, 0.29) is 11.6 Å². The number of hydrogen-bond acceptors (Lipinski definition) is 1. The molecular weight excluding hydrogens is 251 g/mol. The summed E-state index contributed by atoms with van der Waals surface area (Å²) >= 11 is 6.12. The van der Waals surface area contributed by atoms with E-state index in [0.717, 1.165) is 5.56 Å². The van der Waals surface area contributed by atoms with Gasteiger partial charge >= 0.3 is 0 Å². The van der Waals surface area contributed by atoms with Crippen molar-refractivity contribution in [3.8, 4) is 0 Å². The van der Waals surface area contributed by atoms with Gasteiger partial charge in [-0.25, -0.2) is 4.39 Å². The van der Waals surface area contributed by atoms with Gasteiger partial charge in [0.25, 0.3) is 0 Å². The Labute approximate surface area is 110 Å². The molecule has 0 aliphatic carbocycles. The highest BCUT2D eigenvalue weighted by Crippen LogP contribution is 2.25. The minimum atomic E-state index is -0.785. The molecule has 2 aromatic rings. The third-order valence-corrected chi connectivity index (χ3v) is 3.15. The topological polar surface area (TPSA) is 17.1 Å². The molecule has 0 aromatic heterocycles. The van der Waals surface area contributed by atoms with Gasteiger partial charge in [-0.1, -0.05) is 35.9 Å². The summed E-state index contributed by atoms with van der Waals surface area (Å²) < 4.78 is 12.8. The van der Waals surface area contributed by atoms with Crippen molar-refractivity contribution in [1.29, 1.82) is 0 Å². The first-order valence-corrected chi connectivity index (χ1v) is 6.02. The summed E-state index contributed by atoms with van der Waals surface area (Å²) in [7, 11) is 0. The van der Waals surface area contributed by atoms with Gasteiger partial charge in [0, 0.05) is 5.56 Å². The van der Waals surface area contributed by atoms with Crippen molar-refractivity contribution >= 4 is 17.4 Å². The smallest absolute Gasteiger partial charge is 0.185 e. The van der Waals surface area contributed by atoms with E-state index in [4.69, 9.17) is 11.6 Å². The molecule has 1 nitrogen and oxygen atoms in total. The van der Waals surface area contributed by atoms with Gasteiger partial charge in [0.05, 0.1) is 0 Å². The molecule has 92 valence electrons. The van der Waals surface area contributed by atoms with E-state index in [0.29, 0.717) is 11.1 Å². The van der Waals surface area contributed by atoms with Crippen molar-refractivity contribution in [2.45, 2.75) is 12.3 Å². The van der Waals surface area contributed by atoms with E-state index in [9.17, 15) is 9.18 Å². The molecule has 1 atom stereocenters. The lowest BCUT2D eigenvalue weighted by atomic mass is 10.0. The predicted octanol–water partition coefficient (Wildman–Crippen LogP) is 4.30. The first-order valence-electron chi connectivity index (χ1n) is 5.58. The maximum atomic E-state index is 12.8. The fraction of sp³-hybridized carbons (Fsp3) is 0.133. The van der Waals surface area contributed by atoms with Gasteiger partial charge in [0.15, 0.2) is 5.78 Å². The van der Waals surface area contributed by atoms with Gasteiger partial charge in [-0.2, -0.15) is 0 Å². The zero-order valence-electron chi connectivity index (χ0n) is 9.86. The van der Waals surface area contributed by atoms with Crippen LogP contribution in [0.25, 0.3) is 0 Å². The van der Waals surface area contributed by atoms with E-state index >= 15 is 0 Å². The predicted molar refractivity (Wildman–Crippen MR) is 70.5 cm³/mol. The lowest BCUT2D eigenvalue weighted by Gasteiger charge is -2.09. The monoisotopic (exact) mass is 262 g/mol. The second-order valence-corrected chi connectivity index (χ2v) is 4.58. The Morgan fingerprint density at radius 1 is 1.17 bits per heavy atom. The van der Waals surface area contributed by atoms with E-state index < -0.39 is 5.38 Å². The van der Waals surface area contributed by atoms with Crippen molar-refractivity contribution in [3.63, 3.8) is 0 Å². The standard InChI is InChI=1S/C15H12ClFO/c1-10-3-2-4-12(9-10)15(18)14(16)11-5-7-13(17)8-6-11/h2-9,14H,1H3. The molecule has 0 radical (unpaired) electrons. The van der Waals surface area contributed by atoms with E-state index in [1.807, 2.05) is 19.1 Å². The number of aryl methyl sites for hydroxylation is 1. The summed E-state index contributed by atoms with van der Waals surface area (Å²) in [6, 6.07) is 12.9. The summed E-state index contributed by atoms with van der Waals surface area (Å²) in [5.74, 6) is -0.516. The Morgan fingerprint density at radius 3 is 2.44 bits per heavy atom. The molecule has 0 aliphatic rings. The summed E-state index contributed by atoms with van der Waals surface area (Å²) in [6.45, 7) is 1.91. The third-order valence-electron chi connectivity index (χ3n) is 2.70. The van der Waals surface area contributed by atoms with Gasteiger partial charge in [-0.05, 0) is 30.7 Å². The Balaban J connectivity index is 2.26. The van der Waals surface area contributed by atoms with Gasteiger partial charge in [-0.15, -0.1) is 11.6 Å². The van der Waals surface area contributed by atoms with Crippen LogP contribution in [0.3, 0.4) is 0 Å². The maximum absolute atomic E-state index is 12.8. The molecule has 2 aromatic carbocycles. The van der Waals surface area contributed by atoms with Gasteiger partial charge in [-0.3, -0.25) is 4.79 Å². The average molecular weight is 263 g/mol. The highest BCUT2D eigenvalue weighted by molar-refractivity contribution is 6.33. The zero-order chi connectivity index (χ0) is 13.1. The molecule has 2 rings (SSSR count). The van der Waals surface area contributed by atoms with Crippen LogP contribution in [0.2, 0.25) is 0 Å². The van der Waals surface area contributed by atoms with Crippen molar-refractivity contribution in [3.05, 3.63) is 71.0 Å². The van der Waals surface area contributed by atoms with E-state index in [1.54, 1.807) is 12.1 Å². The number of halogens is 2. The van der Waals surface area contributed by atoms with Crippen molar-refractivity contribution in [2.75, 3.05) is 0 Å². The Morgan fingerprint density at radius 2 is 1.83 bits per heavy atom. The van der Waals surface area contributed by atoms with Gasteiger partial charge in [0.2, 0.25) is 0 Å². The molecule has 0 saturated carbocycles. The second kappa shape index (κ2) is 5.32. The largest absolute Gasteiger partial charge is 0.292 e. The zero-order valence-corrected chi connectivity index (χ0v) is 10.6. The quantitative estimate of drug-likeness (QED) is 0.595. The fourth-order valence-electron chi connectivity index (χ4n) is 1.73. The van der Waals surface area contributed by atoms with Crippen LogP contribution in [-0.2, 0) is 0 Å². The Bertz CT molecular complexity index is 563. The molecule has 0 saturated heterocycles. The number of carbonyl (C=O) groups is 1. The molecule has 0 fully saturated rings. The van der Waals surface area contributed by atoms with Crippen LogP contribution in [0.1, 0.15) is 26.9 Å². The second-order valence-electron chi connectivity index (χ2n) is 4.15. The number of carbonyl (C=O) groups excluding carboxylic acids is 1. The summed E-state index contributed by atoms with van der Waals surface area (Å²) in [4.78, 5) is 12.2. The summed E-state index contributed by atoms with van der Waals surface area (Å²) in [6.07, 6.45) is 0. The highest BCUT2D eigenvalue weighted by Gasteiger charge is 2.19. The molecule has 18 heavy (non-hydrogen) atoms. The molecule has 0 bridgehead atoms. The Kier molecular flexibility index (Phi) is 3.78. The number of hydrogen-bond donors (Lipinski definition) is 0. The van der Waals surface area contributed by atoms with Gasteiger partial charge in [0.1, 0.15) is 11.2 Å². The lowest BCUT2D eigenvalue weighted by Crippen LogP contribution is -2.07. The first-order chi connectivity index (χ1) is 8.58. The van der Waals surface area contributed by atoms with Crippen molar-refractivity contribution < 1.29 is 9.18 Å². The molecule has 3 heteroatoms. The minimum Gasteiger partial charge on any atom is -0.292 e. The SMILES string of the molecule is Cc1cccc(C(=O)C(Cl)c2ccc(F)cc2)c1. The van der Waals surface area contributed by atoms with Gasteiger partial charge < -0.3 is 0 Å². The van der Waals surface area contributed by atoms with Crippen LogP contribution >= 0.6 is 11.6 Å². The molecule has 0 spiro atoms. The minimum absolute atomic E-state index is 0.174. The molecule has 1 unspecified atom stereocenters. The Hall–Kier alpha value is -1.67. The van der Waals surface area contributed by atoms with Crippen LogP contribution in [0.4, 0.5) is 4.39 Å². The lowest BCUT2D eigenvalue weighted by molar-refractivity contribution is 0.0987. The third kappa shape index (κ3) is 2.77. The molecule has 0 amide bonds. The number of alkyl halides is 1. The number of benzene rings is 2. The molecule has 0 aliphatic heterocycles. The van der Waals surface area contributed by atoms with Crippen LogP contribution in [0.5, 0.6) is 0 Å². The average Bonchev–Trinajstić information content (AvgIpc) is 2.38. The fourth-order valence-corrected chi connectivity index (χ4v) is 2.00. The molecule has 0 N–H and O–H groups in total. The van der Waals surface area contributed by atoms with E-state index in [1.165, 1.54) is 24.3 Å². The van der Waals surface area contributed by atoms with Crippen LogP contribution in [-0.4, -0.2) is 5.78 Å².